The zero-order valence-corrected chi connectivity index (χ0v) is 9.75. The first kappa shape index (κ1) is 13.0. The van der Waals surface area contributed by atoms with Crippen molar-refractivity contribution in [3.05, 3.63) is 29.6 Å². The summed E-state index contributed by atoms with van der Waals surface area (Å²) in [5.41, 5.74) is 5.19. The lowest BCUT2D eigenvalue weighted by Crippen LogP contribution is -2.33. The van der Waals surface area contributed by atoms with Gasteiger partial charge in [-0.3, -0.25) is 4.79 Å². The molecule has 1 amide bonds. The summed E-state index contributed by atoms with van der Waals surface area (Å²) < 4.78 is 13.0. The van der Waals surface area contributed by atoms with E-state index in [9.17, 15) is 9.18 Å². The molecule has 0 aliphatic rings. The molecule has 0 aliphatic carbocycles. The first-order valence-electron chi connectivity index (χ1n) is 5.10. The number of nitrogens with zero attached hydrogens (tertiary/aromatic N) is 1. The van der Waals surface area contributed by atoms with Crippen molar-refractivity contribution in [2.45, 2.75) is 13.8 Å². The van der Waals surface area contributed by atoms with Gasteiger partial charge in [0, 0.05) is 12.2 Å². The normalized spacial score (nSPS) is 10.7. The fourth-order valence-electron chi connectivity index (χ4n) is 1.16. The summed E-state index contributed by atoms with van der Waals surface area (Å²) in [7, 11) is 0. The molecule has 90 valence electrons. The fourth-order valence-corrected chi connectivity index (χ4v) is 1.16. The highest BCUT2D eigenvalue weighted by molar-refractivity contribution is 5.99. The Kier molecular flexibility index (Phi) is 3.69. The van der Waals surface area contributed by atoms with Crippen LogP contribution in [0.2, 0.25) is 0 Å². The van der Waals surface area contributed by atoms with Crippen LogP contribution in [0, 0.1) is 22.6 Å². The van der Waals surface area contributed by atoms with Crippen LogP contribution in [0.25, 0.3) is 0 Å². The lowest BCUT2D eigenvalue weighted by atomic mass is 9.96. The third-order valence-electron chi connectivity index (χ3n) is 2.25. The molecule has 0 unspecified atom stereocenters. The van der Waals surface area contributed by atoms with E-state index >= 15 is 0 Å². The van der Waals surface area contributed by atoms with Crippen LogP contribution in [0.15, 0.2) is 18.2 Å². The number of hydrogen-bond acceptors (Lipinski definition) is 3. The highest BCUT2D eigenvalue weighted by atomic mass is 19.1. The summed E-state index contributed by atoms with van der Waals surface area (Å²) in [4.78, 5) is 11.7. The van der Waals surface area contributed by atoms with E-state index in [4.69, 9.17) is 11.0 Å². The standard InChI is InChI=1S/C12H14FN3O/c1-12(2,6-14)7-16-11(17)9-5-8(13)3-4-10(9)15/h3-5H,7,15H2,1-2H3,(H,16,17). The number of carbonyl (C=O) groups is 1. The number of anilines is 1. The maximum atomic E-state index is 13.0. The van der Waals surface area contributed by atoms with Crippen LogP contribution in [-0.4, -0.2) is 12.5 Å². The molecule has 17 heavy (non-hydrogen) atoms. The lowest BCUT2D eigenvalue weighted by molar-refractivity contribution is 0.0944. The number of nitrogens with one attached hydrogen (secondary N) is 1. The molecule has 1 aromatic rings. The largest absolute Gasteiger partial charge is 0.398 e. The summed E-state index contributed by atoms with van der Waals surface area (Å²) in [5, 5.41) is 11.3. The van der Waals surface area contributed by atoms with Gasteiger partial charge in [-0.2, -0.15) is 5.26 Å². The molecule has 0 fully saturated rings. The van der Waals surface area contributed by atoms with Crippen molar-refractivity contribution in [3.63, 3.8) is 0 Å². The van der Waals surface area contributed by atoms with E-state index in [1.54, 1.807) is 13.8 Å². The number of nitrogens with two attached hydrogens (primary N) is 1. The first-order valence-corrected chi connectivity index (χ1v) is 5.10. The van der Waals surface area contributed by atoms with Crippen LogP contribution in [0.4, 0.5) is 10.1 Å². The van der Waals surface area contributed by atoms with Crippen LogP contribution in [0.1, 0.15) is 24.2 Å². The van der Waals surface area contributed by atoms with Crippen LogP contribution < -0.4 is 11.1 Å². The van der Waals surface area contributed by atoms with Gasteiger partial charge in [-0.05, 0) is 32.0 Å². The van der Waals surface area contributed by atoms with E-state index in [1.165, 1.54) is 12.1 Å². The summed E-state index contributed by atoms with van der Waals surface area (Å²) in [6.45, 7) is 3.57. The van der Waals surface area contributed by atoms with Crippen LogP contribution in [0.5, 0.6) is 0 Å². The summed E-state index contributed by atoms with van der Waals surface area (Å²) in [6, 6.07) is 5.65. The highest BCUT2D eigenvalue weighted by Crippen LogP contribution is 2.15. The minimum atomic E-state index is -0.669. The molecular weight excluding hydrogens is 221 g/mol. The Hall–Kier alpha value is -2.09. The molecule has 1 rings (SSSR count). The molecule has 0 bridgehead atoms. The summed E-state index contributed by atoms with van der Waals surface area (Å²) >= 11 is 0. The van der Waals surface area contributed by atoms with Gasteiger partial charge in [-0.15, -0.1) is 0 Å². The Bertz CT molecular complexity index is 477. The van der Waals surface area contributed by atoms with Gasteiger partial charge < -0.3 is 11.1 Å². The minimum Gasteiger partial charge on any atom is -0.398 e. The van der Waals surface area contributed by atoms with Crippen molar-refractivity contribution in [1.82, 2.24) is 5.32 Å². The SMILES string of the molecule is CC(C)(C#N)CNC(=O)c1cc(F)ccc1N. The predicted octanol–water partition coefficient (Wildman–Crippen LogP) is 1.69. The van der Waals surface area contributed by atoms with E-state index in [0.717, 1.165) is 6.07 Å². The summed E-state index contributed by atoms with van der Waals surface area (Å²) in [6.07, 6.45) is 0. The number of halogens is 1. The zero-order chi connectivity index (χ0) is 13.1. The van der Waals surface area contributed by atoms with Gasteiger partial charge in [0.05, 0.1) is 17.0 Å². The minimum absolute atomic E-state index is 0.0822. The quantitative estimate of drug-likeness (QED) is 0.782. The smallest absolute Gasteiger partial charge is 0.253 e. The molecule has 0 heterocycles. The second kappa shape index (κ2) is 4.83. The number of nitrogen functional groups attached to an aromatic ring is 1. The Morgan fingerprint density at radius 3 is 2.82 bits per heavy atom. The Morgan fingerprint density at radius 2 is 2.24 bits per heavy atom. The summed E-state index contributed by atoms with van der Waals surface area (Å²) in [5.74, 6) is -1.01. The molecule has 4 nitrogen and oxygen atoms in total. The average Bonchev–Trinajstić information content (AvgIpc) is 2.29. The van der Waals surface area contributed by atoms with Crippen molar-refractivity contribution in [2.75, 3.05) is 12.3 Å². The zero-order valence-electron chi connectivity index (χ0n) is 9.75. The van der Waals surface area contributed by atoms with Gasteiger partial charge in [0.1, 0.15) is 5.82 Å². The van der Waals surface area contributed by atoms with Crippen LogP contribution in [-0.2, 0) is 0 Å². The third-order valence-corrected chi connectivity index (χ3v) is 2.25. The second-order valence-corrected chi connectivity index (χ2v) is 4.41. The van der Waals surface area contributed by atoms with Crippen molar-refractivity contribution in [2.24, 2.45) is 5.41 Å². The molecule has 0 saturated heterocycles. The van der Waals surface area contributed by atoms with E-state index < -0.39 is 17.1 Å². The second-order valence-electron chi connectivity index (χ2n) is 4.41. The van der Waals surface area contributed by atoms with Crippen molar-refractivity contribution >= 4 is 11.6 Å². The van der Waals surface area contributed by atoms with Crippen molar-refractivity contribution in [1.29, 1.82) is 5.26 Å². The molecule has 5 heteroatoms. The number of amides is 1. The van der Waals surface area contributed by atoms with E-state index in [0.29, 0.717) is 0 Å². The molecule has 0 radical (unpaired) electrons. The highest BCUT2D eigenvalue weighted by Gasteiger charge is 2.19. The third kappa shape index (κ3) is 3.45. The Balaban J connectivity index is 2.78. The van der Waals surface area contributed by atoms with Gasteiger partial charge in [0.25, 0.3) is 5.91 Å². The number of hydrogen-bond donors (Lipinski definition) is 2. The van der Waals surface area contributed by atoms with E-state index in [-0.39, 0.29) is 17.8 Å². The van der Waals surface area contributed by atoms with Gasteiger partial charge in [-0.1, -0.05) is 0 Å². The first-order chi connectivity index (χ1) is 7.85. The molecule has 0 aliphatic heterocycles. The maximum absolute atomic E-state index is 13.0. The average molecular weight is 235 g/mol. The Labute approximate surface area is 99.2 Å². The number of benzene rings is 1. The van der Waals surface area contributed by atoms with Gasteiger partial charge in [0.15, 0.2) is 0 Å². The van der Waals surface area contributed by atoms with Crippen molar-refractivity contribution < 1.29 is 9.18 Å². The van der Waals surface area contributed by atoms with E-state index in [2.05, 4.69) is 11.4 Å². The van der Waals surface area contributed by atoms with Gasteiger partial charge in [-0.25, -0.2) is 4.39 Å². The molecular formula is C12H14FN3O. The fraction of sp³-hybridized carbons (Fsp3) is 0.333. The molecule has 0 saturated carbocycles. The topological polar surface area (TPSA) is 78.9 Å². The monoisotopic (exact) mass is 235 g/mol. The van der Waals surface area contributed by atoms with Gasteiger partial charge in [0.2, 0.25) is 0 Å². The van der Waals surface area contributed by atoms with E-state index in [1.807, 2.05) is 0 Å². The molecule has 1 aromatic carbocycles. The molecule has 3 N–H and O–H groups in total. The molecule has 0 atom stereocenters. The number of rotatable bonds is 3. The Morgan fingerprint density at radius 1 is 1.59 bits per heavy atom. The van der Waals surface area contributed by atoms with Gasteiger partial charge >= 0.3 is 0 Å². The van der Waals surface area contributed by atoms with Crippen molar-refractivity contribution in [3.8, 4) is 6.07 Å². The maximum Gasteiger partial charge on any atom is 0.253 e. The number of nitriles is 1. The predicted molar refractivity (Wildman–Crippen MR) is 62.5 cm³/mol. The number of carbonyl (C=O) groups excluding carboxylic acids is 1. The lowest BCUT2D eigenvalue weighted by Gasteiger charge is -2.16. The molecule has 0 aromatic heterocycles. The van der Waals surface area contributed by atoms with Crippen LogP contribution in [0.3, 0.4) is 0 Å². The van der Waals surface area contributed by atoms with Crippen LogP contribution >= 0.6 is 0 Å². The molecule has 0 spiro atoms.